The third kappa shape index (κ3) is 1.99. The molecule has 4 heteroatoms. The molecule has 0 aromatic rings. The molecule has 3 atom stereocenters. The van der Waals surface area contributed by atoms with E-state index >= 15 is 0 Å². The Morgan fingerprint density at radius 2 is 1.65 bits per heavy atom. The summed E-state index contributed by atoms with van der Waals surface area (Å²) >= 11 is 0. The number of carbonyl (C=O) groups is 2. The van der Waals surface area contributed by atoms with E-state index in [1.165, 1.54) is 4.90 Å². The lowest BCUT2D eigenvalue weighted by atomic mass is 9.81. The van der Waals surface area contributed by atoms with Crippen LogP contribution in [0.5, 0.6) is 0 Å². The fraction of sp³-hybridized carbons (Fsp3) is 0.846. The Labute approximate surface area is 102 Å². The maximum Gasteiger partial charge on any atom is 0.233 e. The number of hydrogen-bond acceptors (Lipinski definition) is 3. The molecule has 2 fully saturated rings. The van der Waals surface area contributed by atoms with Crippen LogP contribution in [-0.2, 0) is 9.59 Å². The van der Waals surface area contributed by atoms with Gasteiger partial charge in [-0.1, -0.05) is 26.7 Å². The summed E-state index contributed by atoms with van der Waals surface area (Å²) in [4.78, 5) is 25.9. The lowest BCUT2D eigenvalue weighted by molar-refractivity contribution is -0.145. The summed E-state index contributed by atoms with van der Waals surface area (Å²) in [6.07, 6.45) is 3.75. The lowest BCUT2D eigenvalue weighted by Gasteiger charge is -2.28. The molecule has 2 rings (SSSR count). The maximum atomic E-state index is 12.2. The van der Waals surface area contributed by atoms with Gasteiger partial charge in [0.25, 0.3) is 0 Å². The van der Waals surface area contributed by atoms with Crippen LogP contribution in [0.1, 0.15) is 39.5 Å². The average molecular weight is 239 g/mol. The van der Waals surface area contributed by atoms with E-state index in [1.54, 1.807) is 0 Å². The highest BCUT2D eigenvalue weighted by molar-refractivity contribution is 6.05. The second-order valence-electron chi connectivity index (χ2n) is 5.54. The Hall–Kier alpha value is -0.900. The van der Waals surface area contributed by atoms with Gasteiger partial charge < -0.3 is 5.11 Å². The molecule has 1 saturated heterocycles. The van der Waals surface area contributed by atoms with Crippen molar-refractivity contribution in [2.24, 2.45) is 17.8 Å². The van der Waals surface area contributed by atoms with Gasteiger partial charge in [0.1, 0.15) is 0 Å². The molecule has 0 bridgehead atoms. The van der Waals surface area contributed by atoms with E-state index < -0.39 is 0 Å². The number of likely N-dealkylation sites (tertiary alicyclic amines) is 1. The zero-order chi connectivity index (χ0) is 12.6. The topological polar surface area (TPSA) is 57.6 Å². The second kappa shape index (κ2) is 4.77. The van der Waals surface area contributed by atoms with Crippen LogP contribution >= 0.6 is 0 Å². The van der Waals surface area contributed by atoms with Crippen molar-refractivity contribution < 1.29 is 14.7 Å². The maximum absolute atomic E-state index is 12.2. The van der Waals surface area contributed by atoms with Crippen molar-refractivity contribution in [2.45, 2.75) is 45.6 Å². The fourth-order valence-electron chi connectivity index (χ4n) is 3.11. The Morgan fingerprint density at radius 1 is 1.18 bits per heavy atom. The average Bonchev–Trinajstić information content (AvgIpc) is 2.56. The quantitative estimate of drug-likeness (QED) is 0.752. The first kappa shape index (κ1) is 12.6. The van der Waals surface area contributed by atoms with Crippen molar-refractivity contribution >= 4 is 11.8 Å². The van der Waals surface area contributed by atoms with Crippen LogP contribution in [0.3, 0.4) is 0 Å². The molecule has 1 aliphatic heterocycles. The highest BCUT2D eigenvalue weighted by Gasteiger charge is 2.50. The molecular formula is C13H21NO3. The number of nitrogens with zero attached hydrogens (tertiary/aromatic N) is 1. The first-order valence-electron chi connectivity index (χ1n) is 6.55. The molecule has 0 spiro atoms. The molecule has 2 aliphatic rings. The van der Waals surface area contributed by atoms with Crippen molar-refractivity contribution in [3.8, 4) is 0 Å². The molecule has 1 heterocycles. The molecule has 2 amide bonds. The monoisotopic (exact) mass is 239 g/mol. The van der Waals surface area contributed by atoms with Crippen LogP contribution in [0.4, 0.5) is 0 Å². The number of amides is 2. The zero-order valence-corrected chi connectivity index (χ0v) is 10.6. The zero-order valence-electron chi connectivity index (χ0n) is 10.6. The summed E-state index contributed by atoms with van der Waals surface area (Å²) in [5, 5.41) is 9.38. The molecule has 1 N–H and O–H groups in total. The predicted octanol–water partition coefficient (Wildman–Crippen LogP) is 1.18. The first-order chi connectivity index (χ1) is 8.07. The van der Waals surface area contributed by atoms with Crippen molar-refractivity contribution in [2.75, 3.05) is 6.61 Å². The molecular weight excluding hydrogens is 218 g/mol. The number of fused-ring (bicyclic) bond motifs is 1. The second-order valence-corrected chi connectivity index (χ2v) is 5.54. The van der Waals surface area contributed by atoms with Gasteiger partial charge in [-0.05, 0) is 18.8 Å². The van der Waals surface area contributed by atoms with E-state index in [0.29, 0.717) is 0 Å². The minimum absolute atomic E-state index is 0.0487. The molecule has 1 saturated carbocycles. The van der Waals surface area contributed by atoms with Crippen LogP contribution in [0.2, 0.25) is 0 Å². The van der Waals surface area contributed by atoms with E-state index in [0.717, 1.165) is 25.7 Å². The van der Waals surface area contributed by atoms with Gasteiger partial charge in [0.15, 0.2) is 0 Å². The van der Waals surface area contributed by atoms with Gasteiger partial charge in [0.05, 0.1) is 24.5 Å². The summed E-state index contributed by atoms with van der Waals surface area (Å²) in [6, 6.07) is -0.347. The normalized spacial score (nSPS) is 30.9. The van der Waals surface area contributed by atoms with E-state index in [-0.39, 0.29) is 42.2 Å². The summed E-state index contributed by atoms with van der Waals surface area (Å²) in [7, 11) is 0. The van der Waals surface area contributed by atoms with E-state index in [1.807, 2.05) is 13.8 Å². The smallest absolute Gasteiger partial charge is 0.233 e. The molecule has 3 unspecified atom stereocenters. The predicted molar refractivity (Wildman–Crippen MR) is 63.0 cm³/mol. The Balaban J connectivity index is 2.23. The summed E-state index contributed by atoms with van der Waals surface area (Å²) in [5.41, 5.74) is 0. The Kier molecular flexibility index (Phi) is 3.52. The summed E-state index contributed by atoms with van der Waals surface area (Å²) in [5.74, 6) is -0.207. The van der Waals surface area contributed by atoms with Crippen molar-refractivity contribution in [1.82, 2.24) is 4.90 Å². The van der Waals surface area contributed by atoms with E-state index in [2.05, 4.69) is 0 Å². The minimum atomic E-state index is -0.347. The number of aliphatic hydroxyl groups is 1. The molecule has 0 aromatic carbocycles. The molecule has 17 heavy (non-hydrogen) atoms. The number of aliphatic hydroxyl groups excluding tert-OH is 1. The highest BCUT2D eigenvalue weighted by atomic mass is 16.3. The molecule has 0 aromatic heterocycles. The Morgan fingerprint density at radius 3 is 2.00 bits per heavy atom. The summed E-state index contributed by atoms with van der Waals surface area (Å²) < 4.78 is 0. The highest BCUT2D eigenvalue weighted by Crippen LogP contribution is 2.39. The van der Waals surface area contributed by atoms with Gasteiger partial charge in [0.2, 0.25) is 11.8 Å². The minimum Gasteiger partial charge on any atom is -0.394 e. The summed E-state index contributed by atoms with van der Waals surface area (Å²) in [6.45, 7) is 3.74. The molecule has 96 valence electrons. The van der Waals surface area contributed by atoms with Crippen LogP contribution in [0.15, 0.2) is 0 Å². The van der Waals surface area contributed by atoms with Crippen LogP contribution in [0.25, 0.3) is 0 Å². The van der Waals surface area contributed by atoms with Gasteiger partial charge >= 0.3 is 0 Å². The lowest BCUT2D eigenvalue weighted by Crippen LogP contribution is -2.45. The number of hydrogen-bond donors (Lipinski definition) is 1. The van der Waals surface area contributed by atoms with Gasteiger partial charge in [-0.2, -0.15) is 0 Å². The molecule has 4 nitrogen and oxygen atoms in total. The molecule has 0 radical (unpaired) electrons. The number of carbonyl (C=O) groups excluding carboxylic acids is 2. The van der Waals surface area contributed by atoms with Gasteiger partial charge in [-0.3, -0.25) is 14.5 Å². The van der Waals surface area contributed by atoms with E-state index in [4.69, 9.17) is 0 Å². The standard InChI is InChI=1S/C13H21NO3/c1-8(2)11(7-15)14-12(16)9-5-3-4-6-10(9)13(14)17/h8-11,15H,3-7H2,1-2H3. The van der Waals surface area contributed by atoms with Gasteiger partial charge in [-0.25, -0.2) is 0 Å². The number of rotatable bonds is 3. The van der Waals surface area contributed by atoms with Crippen molar-refractivity contribution in [1.29, 1.82) is 0 Å². The first-order valence-corrected chi connectivity index (χ1v) is 6.55. The fourth-order valence-corrected chi connectivity index (χ4v) is 3.11. The van der Waals surface area contributed by atoms with E-state index in [9.17, 15) is 14.7 Å². The Bertz CT molecular complexity index is 303. The van der Waals surface area contributed by atoms with Crippen LogP contribution < -0.4 is 0 Å². The third-order valence-corrected chi connectivity index (χ3v) is 4.16. The van der Waals surface area contributed by atoms with Crippen LogP contribution in [-0.4, -0.2) is 34.5 Å². The van der Waals surface area contributed by atoms with Gasteiger partial charge in [0, 0.05) is 0 Å². The van der Waals surface area contributed by atoms with Crippen molar-refractivity contribution in [3.05, 3.63) is 0 Å². The van der Waals surface area contributed by atoms with Gasteiger partial charge in [-0.15, -0.1) is 0 Å². The van der Waals surface area contributed by atoms with Crippen molar-refractivity contribution in [3.63, 3.8) is 0 Å². The van der Waals surface area contributed by atoms with Crippen LogP contribution in [0, 0.1) is 17.8 Å². The SMILES string of the molecule is CC(C)C(CO)N1C(=O)C2CCCCC2C1=O. The molecule has 1 aliphatic carbocycles. The number of imide groups is 1. The largest absolute Gasteiger partial charge is 0.394 e. The third-order valence-electron chi connectivity index (χ3n) is 4.16.